The Balaban J connectivity index is 2.51. The lowest BCUT2D eigenvalue weighted by Crippen LogP contribution is -2.43. The van der Waals surface area contributed by atoms with Gasteiger partial charge in [0.25, 0.3) is 0 Å². The number of nitrogens with two attached hydrogens (primary N) is 1. The van der Waals surface area contributed by atoms with Crippen LogP contribution in [0.15, 0.2) is 0 Å². The number of carbonyl (C=O) groups is 1. The molecule has 0 spiro atoms. The van der Waals surface area contributed by atoms with Crippen LogP contribution < -0.4 is 5.73 Å². The molecular formula is C11H22N2O. The first-order valence-corrected chi connectivity index (χ1v) is 5.59. The second kappa shape index (κ2) is 4.78. The van der Waals surface area contributed by atoms with Crippen LogP contribution in [0.1, 0.15) is 33.6 Å². The van der Waals surface area contributed by atoms with Crippen LogP contribution in [0.2, 0.25) is 0 Å². The molecule has 2 unspecified atom stereocenters. The predicted molar refractivity (Wildman–Crippen MR) is 57.8 cm³/mol. The summed E-state index contributed by atoms with van der Waals surface area (Å²) in [6.07, 6.45) is 2.04. The van der Waals surface area contributed by atoms with Crippen molar-refractivity contribution in [3.8, 4) is 0 Å². The van der Waals surface area contributed by atoms with E-state index in [1.165, 1.54) is 6.42 Å². The standard InChI is InChI=1S/C11H22N2O/c1-4-10(11(12)14)13-6-5-9(7-13)8(2)3/h8-10H,4-7H2,1-3H3,(H2,12,14). The smallest absolute Gasteiger partial charge is 0.234 e. The van der Waals surface area contributed by atoms with Gasteiger partial charge in [-0.15, -0.1) is 0 Å². The minimum absolute atomic E-state index is 0.0428. The molecule has 0 aliphatic carbocycles. The van der Waals surface area contributed by atoms with Crippen LogP contribution in [-0.4, -0.2) is 29.9 Å². The summed E-state index contributed by atoms with van der Waals surface area (Å²) in [7, 11) is 0. The van der Waals surface area contributed by atoms with Gasteiger partial charge < -0.3 is 5.73 Å². The molecule has 0 aromatic heterocycles. The monoisotopic (exact) mass is 198 g/mol. The summed E-state index contributed by atoms with van der Waals surface area (Å²) in [4.78, 5) is 13.4. The molecule has 0 aromatic carbocycles. The summed E-state index contributed by atoms with van der Waals surface area (Å²) in [5, 5.41) is 0. The SMILES string of the molecule is CCC(C(N)=O)N1CCC(C(C)C)C1. The van der Waals surface area contributed by atoms with Crippen molar-refractivity contribution in [1.29, 1.82) is 0 Å². The molecule has 1 heterocycles. The molecule has 0 saturated carbocycles. The second-order valence-electron chi connectivity index (χ2n) is 4.61. The predicted octanol–water partition coefficient (Wildman–Crippen LogP) is 1.23. The Morgan fingerprint density at radius 2 is 2.21 bits per heavy atom. The molecule has 2 atom stereocenters. The average Bonchev–Trinajstić information content (AvgIpc) is 2.53. The van der Waals surface area contributed by atoms with Gasteiger partial charge in [0.2, 0.25) is 5.91 Å². The van der Waals surface area contributed by atoms with Crippen molar-refractivity contribution in [3.05, 3.63) is 0 Å². The minimum atomic E-state index is -0.170. The molecule has 1 saturated heterocycles. The Morgan fingerprint density at radius 1 is 1.57 bits per heavy atom. The third-order valence-corrected chi connectivity index (χ3v) is 3.35. The van der Waals surface area contributed by atoms with Crippen molar-refractivity contribution in [2.45, 2.75) is 39.7 Å². The lowest BCUT2D eigenvalue weighted by molar-refractivity contribution is -0.123. The van der Waals surface area contributed by atoms with Crippen LogP contribution in [0, 0.1) is 11.8 Å². The summed E-state index contributed by atoms with van der Waals surface area (Å²) in [5.41, 5.74) is 5.37. The number of rotatable bonds is 4. The highest BCUT2D eigenvalue weighted by molar-refractivity contribution is 5.79. The fourth-order valence-corrected chi connectivity index (χ4v) is 2.28. The van der Waals surface area contributed by atoms with E-state index in [-0.39, 0.29) is 11.9 Å². The summed E-state index contributed by atoms with van der Waals surface area (Å²) in [5.74, 6) is 1.28. The lowest BCUT2D eigenvalue weighted by atomic mass is 9.95. The van der Waals surface area contributed by atoms with Crippen LogP contribution in [-0.2, 0) is 4.79 Å². The highest BCUT2D eigenvalue weighted by Gasteiger charge is 2.31. The lowest BCUT2D eigenvalue weighted by Gasteiger charge is -2.24. The van der Waals surface area contributed by atoms with E-state index in [4.69, 9.17) is 5.73 Å². The molecular weight excluding hydrogens is 176 g/mol. The fourth-order valence-electron chi connectivity index (χ4n) is 2.28. The third kappa shape index (κ3) is 2.47. The van der Waals surface area contributed by atoms with Gasteiger partial charge in [-0.05, 0) is 31.2 Å². The van der Waals surface area contributed by atoms with Crippen molar-refractivity contribution >= 4 is 5.91 Å². The molecule has 0 aromatic rings. The first-order valence-electron chi connectivity index (χ1n) is 5.59. The number of hydrogen-bond acceptors (Lipinski definition) is 2. The van der Waals surface area contributed by atoms with E-state index < -0.39 is 0 Å². The number of amides is 1. The van der Waals surface area contributed by atoms with Crippen LogP contribution in [0.25, 0.3) is 0 Å². The minimum Gasteiger partial charge on any atom is -0.368 e. The Morgan fingerprint density at radius 3 is 2.57 bits per heavy atom. The summed E-state index contributed by atoms with van der Waals surface area (Å²) >= 11 is 0. The molecule has 2 N–H and O–H groups in total. The maximum atomic E-state index is 11.2. The fraction of sp³-hybridized carbons (Fsp3) is 0.909. The van der Waals surface area contributed by atoms with Crippen LogP contribution in [0.3, 0.4) is 0 Å². The van der Waals surface area contributed by atoms with E-state index in [1.807, 2.05) is 6.92 Å². The summed E-state index contributed by atoms with van der Waals surface area (Å²) in [6, 6.07) is -0.0428. The van der Waals surface area contributed by atoms with Gasteiger partial charge in [0.05, 0.1) is 6.04 Å². The van der Waals surface area contributed by atoms with Crippen LogP contribution in [0.5, 0.6) is 0 Å². The molecule has 1 rings (SSSR count). The van der Waals surface area contributed by atoms with Crippen molar-refractivity contribution in [3.63, 3.8) is 0 Å². The van der Waals surface area contributed by atoms with E-state index in [1.54, 1.807) is 0 Å². The number of nitrogens with zero attached hydrogens (tertiary/aromatic N) is 1. The molecule has 0 radical (unpaired) electrons. The number of hydrogen-bond donors (Lipinski definition) is 1. The molecule has 3 heteroatoms. The summed E-state index contributed by atoms with van der Waals surface area (Å²) in [6.45, 7) is 8.60. The van der Waals surface area contributed by atoms with Gasteiger partial charge in [-0.1, -0.05) is 20.8 Å². The molecule has 1 amide bonds. The van der Waals surface area contributed by atoms with E-state index in [2.05, 4.69) is 18.7 Å². The van der Waals surface area contributed by atoms with Crippen LogP contribution >= 0.6 is 0 Å². The van der Waals surface area contributed by atoms with Gasteiger partial charge in [-0.3, -0.25) is 9.69 Å². The van der Waals surface area contributed by atoms with Gasteiger partial charge in [0, 0.05) is 6.54 Å². The van der Waals surface area contributed by atoms with Gasteiger partial charge in [-0.25, -0.2) is 0 Å². The molecule has 3 nitrogen and oxygen atoms in total. The number of primary amides is 1. The molecule has 14 heavy (non-hydrogen) atoms. The van der Waals surface area contributed by atoms with E-state index >= 15 is 0 Å². The van der Waals surface area contributed by atoms with Gasteiger partial charge in [-0.2, -0.15) is 0 Å². The second-order valence-corrected chi connectivity index (χ2v) is 4.61. The van der Waals surface area contributed by atoms with Crippen molar-refractivity contribution in [2.24, 2.45) is 17.6 Å². The normalized spacial score (nSPS) is 25.6. The van der Waals surface area contributed by atoms with E-state index in [0.29, 0.717) is 5.92 Å². The molecule has 1 aliphatic rings. The van der Waals surface area contributed by atoms with Crippen LogP contribution in [0.4, 0.5) is 0 Å². The number of likely N-dealkylation sites (tertiary alicyclic amines) is 1. The highest BCUT2D eigenvalue weighted by Crippen LogP contribution is 2.25. The zero-order valence-electron chi connectivity index (χ0n) is 9.49. The van der Waals surface area contributed by atoms with Gasteiger partial charge >= 0.3 is 0 Å². The van der Waals surface area contributed by atoms with Crippen molar-refractivity contribution < 1.29 is 4.79 Å². The van der Waals surface area contributed by atoms with Gasteiger partial charge in [0.1, 0.15) is 0 Å². The molecule has 1 aliphatic heterocycles. The van der Waals surface area contributed by atoms with Crippen molar-refractivity contribution in [1.82, 2.24) is 4.90 Å². The zero-order valence-corrected chi connectivity index (χ0v) is 9.49. The Kier molecular flexibility index (Phi) is 3.93. The molecule has 0 bridgehead atoms. The summed E-state index contributed by atoms with van der Waals surface area (Å²) < 4.78 is 0. The Hall–Kier alpha value is -0.570. The van der Waals surface area contributed by atoms with Gasteiger partial charge in [0.15, 0.2) is 0 Å². The molecule has 1 fully saturated rings. The Labute approximate surface area is 86.6 Å². The van der Waals surface area contributed by atoms with E-state index in [0.717, 1.165) is 25.4 Å². The highest BCUT2D eigenvalue weighted by atomic mass is 16.1. The van der Waals surface area contributed by atoms with Crippen molar-refractivity contribution in [2.75, 3.05) is 13.1 Å². The maximum absolute atomic E-state index is 11.2. The zero-order chi connectivity index (χ0) is 10.7. The largest absolute Gasteiger partial charge is 0.368 e. The quantitative estimate of drug-likeness (QED) is 0.738. The van der Waals surface area contributed by atoms with E-state index in [9.17, 15) is 4.79 Å². The maximum Gasteiger partial charge on any atom is 0.234 e. The topological polar surface area (TPSA) is 46.3 Å². The molecule has 82 valence electrons. The number of carbonyl (C=O) groups excluding carboxylic acids is 1. The third-order valence-electron chi connectivity index (χ3n) is 3.35. The first kappa shape index (κ1) is 11.5. The first-order chi connectivity index (χ1) is 6.56. The average molecular weight is 198 g/mol. The Bertz CT molecular complexity index is 203.